The van der Waals surface area contributed by atoms with E-state index >= 15 is 0 Å². The van der Waals surface area contributed by atoms with Crippen molar-refractivity contribution in [1.82, 2.24) is 0 Å². The summed E-state index contributed by atoms with van der Waals surface area (Å²) in [6.45, 7) is 2.03. The van der Waals surface area contributed by atoms with Gasteiger partial charge in [0, 0.05) is 16.1 Å². The summed E-state index contributed by atoms with van der Waals surface area (Å²) in [6, 6.07) is 14.8. The van der Waals surface area contributed by atoms with Gasteiger partial charge in [-0.15, -0.1) is 0 Å². The van der Waals surface area contributed by atoms with E-state index in [9.17, 15) is 4.39 Å². The van der Waals surface area contributed by atoms with Crippen molar-refractivity contribution in [2.24, 2.45) is 5.73 Å². The molecule has 0 spiro atoms. The van der Waals surface area contributed by atoms with Gasteiger partial charge in [-0.3, -0.25) is 0 Å². The first-order valence-corrected chi connectivity index (χ1v) is 7.17. The zero-order chi connectivity index (χ0) is 14.6. The molecule has 2 rings (SSSR count). The van der Waals surface area contributed by atoms with E-state index in [-0.39, 0.29) is 5.82 Å². The lowest BCUT2D eigenvalue weighted by Gasteiger charge is -2.29. The van der Waals surface area contributed by atoms with Crippen molar-refractivity contribution in [1.29, 1.82) is 0 Å². The number of nitrogens with two attached hydrogens (primary N) is 1. The fraction of sp³-hybridized carbons (Fsp3) is 0.294. The Balaban J connectivity index is 2.23. The van der Waals surface area contributed by atoms with Crippen LogP contribution in [0.15, 0.2) is 48.5 Å². The second-order valence-corrected chi connectivity index (χ2v) is 5.66. The highest BCUT2D eigenvalue weighted by molar-refractivity contribution is 6.31. The van der Waals surface area contributed by atoms with Gasteiger partial charge in [-0.1, -0.05) is 54.9 Å². The molecular formula is C17H19ClFN. The summed E-state index contributed by atoms with van der Waals surface area (Å²) in [5.41, 5.74) is 7.65. The van der Waals surface area contributed by atoms with Gasteiger partial charge in [0.05, 0.1) is 0 Å². The Labute approximate surface area is 124 Å². The van der Waals surface area contributed by atoms with Crippen molar-refractivity contribution in [3.8, 4) is 0 Å². The van der Waals surface area contributed by atoms with Gasteiger partial charge in [0.2, 0.25) is 0 Å². The number of hydrogen-bond donors (Lipinski definition) is 1. The van der Waals surface area contributed by atoms with Crippen molar-refractivity contribution in [2.45, 2.75) is 31.7 Å². The summed E-state index contributed by atoms with van der Waals surface area (Å²) in [4.78, 5) is 0. The van der Waals surface area contributed by atoms with Crippen LogP contribution in [0.3, 0.4) is 0 Å². The van der Waals surface area contributed by atoms with Gasteiger partial charge >= 0.3 is 0 Å². The largest absolute Gasteiger partial charge is 0.325 e. The lowest BCUT2D eigenvalue weighted by Crippen LogP contribution is -2.44. The van der Waals surface area contributed by atoms with E-state index in [1.807, 2.05) is 37.3 Å². The first-order valence-electron chi connectivity index (χ1n) is 6.80. The molecular weight excluding hydrogens is 273 g/mol. The topological polar surface area (TPSA) is 26.0 Å². The van der Waals surface area contributed by atoms with Crippen LogP contribution in [0.1, 0.15) is 24.5 Å². The summed E-state index contributed by atoms with van der Waals surface area (Å²) in [6.07, 6.45) is 1.89. The zero-order valence-electron chi connectivity index (χ0n) is 11.6. The number of halogens is 2. The minimum absolute atomic E-state index is 0.283. The minimum Gasteiger partial charge on any atom is -0.325 e. The van der Waals surface area contributed by atoms with Crippen molar-refractivity contribution in [3.05, 3.63) is 70.5 Å². The first-order chi connectivity index (χ1) is 9.54. The summed E-state index contributed by atoms with van der Waals surface area (Å²) in [5, 5.41) is 0.446. The molecule has 0 aromatic heterocycles. The molecule has 1 atom stereocenters. The van der Waals surface area contributed by atoms with Crippen molar-refractivity contribution >= 4 is 11.6 Å². The van der Waals surface area contributed by atoms with Gasteiger partial charge in [-0.2, -0.15) is 0 Å². The van der Waals surface area contributed by atoms with Crippen LogP contribution in [0.5, 0.6) is 0 Å². The standard InChI is InChI=1S/C17H19ClFN/c1-2-17(20,11-13-7-4-3-5-8-13)12-14-15(18)9-6-10-16(14)19/h3-10H,2,11-12,20H2,1H3. The Morgan fingerprint density at radius 1 is 1.05 bits per heavy atom. The molecule has 3 heteroatoms. The molecule has 2 N–H and O–H groups in total. The van der Waals surface area contributed by atoms with Crippen LogP contribution in [0.25, 0.3) is 0 Å². The average molecular weight is 292 g/mol. The van der Waals surface area contributed by atoms with Crippen LogP contribution in [0.4, 0.5) is 4.39 Å². The van der Waals surface area contributed by atoms with E-state index in [0.717, 1.165) is 12.0 Å². The van der Waals surface area contributed by atoms with Crippen LogP contribution in [0.2, 0.25) is 5.02 Å². The first kappa shape index (κ1) is 15.0. The third kappa shape index (κ3) is 3.59. The zero-order valence-corrected chi connectivity index (χ0v) is 12.3. The number of rotatable bonds is 5. The van der Waals surface area contributed by atoms with Crippen LogP contribution < -0.4 is 5.73 Å². The minimum atomic E-state index is -0.493. The van der Waals surface area contributed by atoms with E-state index in [4.69, 9.17) is 17.3 Å². The molecule has 2 aromatic carbocycles. The van der Waals surface area contributed by atoms with Gasteiger partial charge in [0.1, 0.15) is 5.82 Å². The van der Waals surface area contributed by atoms with E-state index in [1.165, 1.54) is 6.07 Å². The Morgan fingerprint density at radius 2 is 1.75 bits per heavy atom. The van der Waals surface area contributed by atoms with E-state index in [2.05, 4.69) is 0 Å². The SMILES string of the molecule is CCC(N)(Cc1ccccc1)Cc1c(F)cccc1Cl. The summed E-state index contributed by atoms with van der Waals surface area (Å²) < 4.78 is 13.9. The average Bonchev–Trinajstić information content (AvgIpc) is 2.44. The van der Waals surface area contributed by atoms with Crippen molar-refractivity contribution in [3.63, 3.8) is 0 Å². The maximum absolute atomic E-state index is 13.9. The fourth-order valence-corrected chi connectivity index (χ4v) is 2.60. The molecule has 1 nitrogen and oxygen atoms in total. The Bertz CT molecular complexity index is 550. The molecule has 0 heterocycles. The highest BCUT2D eigenvalue weighted by Gasteiger charge is 2.26. The van der Waals surface area contributed by atoms with Crippen LogP contribution in [0, 0.1) is 5.82 Å². The maximum atomic E-state index is 13.9. The van der Waals surface area contributed by atoms with Gasteiger partial charge in [-0.25, -0.2) is 4.39 Å². The predicted octanol–water partition coefficient (Wildman–Crippen LogP) is 4.37. The molecule has 0 aliphatic rings. The predicted molar refractivity (Wildman–Crippen MR) is 82.5 cm³/mol. The fourth-order valence-electron chi connectivity index (χ4n) is 2.37. The van der Waals surface area contributed by atoms with E-state index in [1.54, 1.807) is 12.1 Å². The second-order valence-electron chi connectivity index (χ2n) is 5.26. The van der Waals surface area contributed by atoms with Crippen LogP contribution in [-0.4, -0.2) is 5.54 Å². The molecule has 0 fully saturated rings. The van der Waals surface area contributed by atoms with E-state index in [0.29, 0.717) is 23.4 Å². The molecule has 0 saturated carbocycles. The molecule has 0 radical (unpaired) electrons. The number of benzene rings is 2. The molecule has 20 heavy (non-hydrogen) atoms. The molecule has 0 bridgehead atoms. The van der Waals surface area contributed by atoms with Gasteiger partial charge in [0.25, 0.3) is 0 Å². The molecule has 1 unspecified atom stereocenters. The van der Waals surface area contributed by atoms with Crippen LogP contribution >= 0.6 is 11.6 Å². The summed E-state index contributed by atoms with van der Waals surface area (Å²) in [7, 11) is 0. The van der Waals surface area contributed by atoms with Gasteiger partial charge < -0.3 is 5.73 Å². The molecule has 0 saturated heterocycles. The summed E-state index contributed by atoms with van der Waals surface area (Å²) >= 11 is 6.10. The van der Waals surface area contributed by atoms with Crippen molar-refractivity contribution in [2.75, 3.05) is 0 Å². The third-order valence-electron chi connectivity index (χ3n) is 3.69. The Hall–Kier alpha value is -1.38. The molecule has 0 amide bonds. The van der Waals surface area contributed by atoms with Crippen LogP contribution in [-0.2, 0) is 12.8 Å². The lowest BCUT2D eigenvalue weighted by molar-refractivity contribution is 0.397. The monoisotopic (exact) mass is 291 g/mol. The lowest BCUT2D eigenvalue weighted by atomic mass is 9.83. The highest BCUT2D eigenvalue weighted by atomic mass is 35.5. The molecule has 0 aliphatic carbocycles. The normalized spacial score (nSPS) is 14.0. The Morgan fingerprint density at radius 3 is 2.35 bits per heavy atom. The molecule has 0 aliphatic heterocycles. The molecule has 2 aromatic rings. The second kappa shape index (κ2) is 6.38. The highest BCUT2D eigenvalue weighted by Crippen LogP contribution is 2.26. The molecule has 106 valence electrons. The van der Waals surface area contributed by atoms with Gasteiger partial charge in [-0.05, 0) is 37.0 Å². The van der Waals surface area contributed by atoms with E-state index < -0.39 is 5.54 Å². The van der Waals surface area contributed by atoms with Gasteiger partial charge in [0.15, 0.2) is 0 Å². The Kier molecular flexibility index (Phi) is 4.79. The number of hydrogen-bond acceptors (Lipinski definition) is 1. The summed E-state index contributed by atoms with van der Waals surface area (Å²) in [5.74, 6) is -0.283. The third-order valence-corrected chi connectivity index (χ3v) is 4.05. The quantitative estimate of drug-likeness (QED) is 0.869. The maximum Gasteiger partial charge on any atom is 0.127 e. The smallest absolute Gasteiger partial charge is 0.127 e. The van der Waals surface area contributed by atoms with Crippen molar-refractivity contribution < 1.29 is 4.39 Å².